The van der Waals surface area contributed by atoms with E-state index in [9.17, 15) is 13.6 Å². The lowest BCUT2D eigenvalue weighted by Crippen LogP contribution is -2.37. The number of alkyl halides is 2. The number of carbonyl (C=O) groups excluding carboxylic acids is 1. The highest BCUT2D eigenvalue weighted by molar-refractivity contribution is 5.90. The number of hydroxylamine groups is 1. The molecule has 1 aromatic carbocycles. The highest BCUT2D eigenvalue weighted by Gasteiger charge is 2.23. The third-order valence-corrected chi connectivity index (χ3v) is 6.35. The number of benzene rings is 1. The number of urea groups is 1. The monoisotopic (exact) mass is 568 g/mol. The normalized spacial score (nSPS) is 17.3. The van der Waals surface area contributed by atoms with Gasteiger partial charge in [-0.25, -0.2) is 19.1 Å². The summed E-state index contributed by atoms with van der Waals surface area (Å²) in [6.07, 6.45) is 12.3. The summed E-state index contributed by atoms with van der Waals surface area (Å²) >= 11 is 0. The SMILES string of the molecule is CC1C=C(c2cccc(NC(=O)NCC(C)(F)F)c2)N2C=CC(CCNOCc3noc(C(C)(C)C)n3)=CC2=CC1. The zero-order chi connectivity index (χ0) is 29.6. The van der Waals surface area contributed by atoms with E-state index < -0.39 is 18.5 Å². The van der Waals surface area contributed by atoms with Crippen LogP contribution >= 0.6 is 0 Å². The van der Waals surface area contributed by atoms with Gasteiger partial charge in [0.05, 0.1) is 6.54 Å². The predicted octanol–water partition coefficient (Wildman–Crippen LogP) is 6.28. The predicted molar refractivity (Wildman–Crippen MR) is 153 cm³/mol. The smallest absolute Gasteiger partial charge is 0.319 e. The molecule has 41 heavy (non-hydrogen) atoms. The maximum Gasteiger partial charge on any atom is 0.319 e. The van der Waals surface area contributed by atoms with Crippen LogP contribution in [0.5, 0.6) is 0 Å². The van der Waals surface area contributed by atoms with Crippen LogP contribution in [0.2, 0.25) is 0 Å². The van der Waals surface area contributed by atoms with Gasteiger partial charge in [0.15, 0.2) is 5.82 Å². The Labute approximate surface area is 239 Å². The fourth-order valence-electron chi connectivity index (χ4n) is 4.22. The molecule has 0 saturated carbocycles. The first-order chi connectivity index (χ1) is 19.4. The number of halogens is 2. The molecule has 0 radical (unpaired) electrons. The number of nitrogens with zero attached hydrogens (tertiary/aromatic N) is 3. The Bertz CT molecular complexity index is 1350. The lowest BCUT2D eigenvalue weighted by molar-refractivity contribution is 0.0241. The maximum atomic E-state index is 13.1. The average Bonchev–Trinajstić information content (AvgIpc) is 3.32. The van der Waals surface area contributed by atoms with Crippen molar-refractivity contribution >= 4 is 17.4 Å². The molecule has 0 fully saturated rings. The van der Waals surface area contributed by atoms with Gasteiger partial charge < -0.3 is 20.1 Å². The van der Waals surface area contributed by atoms with E-state index in [0.29, 0.717) is 29.9 Å². The van der Waals surface area contributed by atoms with Gasteiger partial charge in [-0.1, -0.05) is 57.1 Å². The Kier molecular flexibility index (Phi) is 9.39. The largest absolute Gasteiger partial charge is 0.339 e. The molecule has 0 aliphatic carbocycles. The number of hydrogen-bond acceptors (Lipinski definition) is 7. The molecular weight excluding hydrogens is 530 g/mol. The lowest BCUT2D eigenvalue weighted by Gasteiger charge is -2.28. The summed E-state index contributed by atoms with van der Waals surface area (Å²) in [5.74, 6) is -1.62. The molecule has 4 rings (SSSR count). The number of rotatable bonds is 10. The standard InChI is InChI=1S/C30H38F2N6O3/c1-20-9-10-24-16-21(11-13-34-40-18-26-36-27(41-37-26)29(2,3)4)12-14-38(24)25(15-20)22-7-6-8-23(17-22)35-28(39)33-19-30(5,31)32/h6-8,10,12,14-17,20,34H,9,11,13,18-19H2,1-5H3,(H2,33,35,39). The summed E-state index contributed by atoms with van der Waals surface area (Å²) in [5.41, 5.74) is 7.36. The number of aromatic nitrogens is 2. The van der Waals surface area contributed by atoms with Gasteiger partial charge in [-0.15, -0.1) is 0 Å². The van der Waals surface area contributed by atoms with E-state index in [-0.39, 0.29) is 12.0 Å². The van der Waals surface area contributed by atoms with Gasteiger partial charge in [0.25, 0.3) is 5.92 Å². The Morgan fingerprint density at radius 1 is 1.24 bits per heavy atom. The zero-order valence-electron chi connectivity index (χ0n) is 24.1. The van der Waals surface area contributed by atoms with Gasteiger partial charge in [-0.2, -0.15) is 4.98 Å². The molecule has 9 nitrogen and oxygen atoms in total. The van der Waals surface area contributed by atoms with Crippen LogP contribution in [0.3, 0.4) is 0 Å². The maximum absolute atomic E-state index is 13.1. The number of allylic oxidation sites excluding steroid dienone is 4. The van der Waals surface area contributed by atoms with Crippen LogP contribution < -0.4 is 16.1 Å². The zero-order valence-corrected chi connectivity index (χ0v) is 24.1. The Hall–Kier alpha value is -3.83. The summed E-state index contributed by atoms with van der Waals surface area (Å²) in [5, 5.41) is 8.80. The van der Waals surface area contributed by atoms with Gasteiger partial charge in [0.2, 0.25) is 5.89 Å². The quantitative estimate of drug-likeness (QED) is 0.229. The first kappa shape index (κ1) is 30.1. The molecule has 2 aliphatic heterocycles. The number of carbonyl (C=O) groups is 1. The summed E-state index contributed by atoms with van der Waals surface area (Å²) in [6.45, 7) is 9.02. The van der Waals surface area contributed by atoms with Gasteiger partial charge in [0.1, 0.15) is 6.61 Å². The topological polar surface area (TPSA) is 105 Å². The van der Waals surface area contributed by atoms with E-state index in [2.05, 4.69) is 62.4 Å². The van der Waals surface area contributed by atoms with Crippen LogP contribution in [0, 0.1) is 5.92 Å². The molecule has 2 aliphatic rings. The van der Waals surface area contributed by atoms with Gasteiger partial charge in [-0.3, -0.25) is 4.84 Å². The Balaban J connectivity index is 1.34. The summed E-state index contributed by atoms with van der Waals surface area (Å²) in [7, 11) is 0. The van der Waals surface area contributed by atoms with Gasteiger partial charge >= 0.3 is 6.03 Å². The van der Waals surface area contributed by atoms with Crippen molar-refractivity contribution in [2.75, 3.05) is 18.4 Å². The fraction of sp³-hybridized carbons (Fsp3) is 0.433. The fourth-order valence-corrected chi connectivity index (χ4v) is 4.22. The third kappa shape index (κ3) is 8.83. The second kappa shape index (κ2) is 12.8. The molecule has 3 heterocycles. The molecule has 0 spiro atoms. The minimum atomic E-state index is -2.98. The van der Waals surface area contributed by atoms with Crippen molar-refractivity contribution in [3.63, 3.8) is 0 Å². The van der Waals surface area contributed by atoms with Crippen LogP contribution in [-0.4, -0.2) is 40.1 Å². The number of nitrogens with one attached hydrogen (secondary N) is 3. The van der Waals surface area contributed by atoms with Crippen molar-refractivity contribution in [1.82, 2.24) is 25.8 Å². The van der Waals surface area contributed by atoms with E-state index in [4.69, 9.17) is 9.36 Å². The van der Waals surface area contributed by atoms with Crippen molar-refractivity contribution in [3.8, 4) is 0 Å². The third-order valence-electron chi connectivity index (χ3n) is 6.35. The Morgan fingerprint density at radius 3 is 2.78 bits per heavy atom. The van der Waals surface area contributed by atoms with Crippen molar-refractivity contribution in [2.45, 2.75) is 65.4 Å². The van der Waals surface area contributed by atoms with Crippen LogP contribution in [0.4, 0.5) is 19.3 Å². The summed E-state index contributed by atoms with van der Waals surface area (Å²) < 4.78 is 31.5. The van der Waals surface area contributed by atoms with Crippen molar-refractivity contribution in [3.05, 3.63) is 83.3 Å². The molecule has 1 unspecified atom stereocenters. The van der Waals surface area contributed by atoms with Crippen LogP contribution in [0.1, 0.15) is 64.7 Å². The average molecular weight is 569 g/mol. The van der Waals surface area contributed by atoms with Crippen molar-refractivity contribution < 1.29 is 22.9 Å². The molecule has 0 bridgehead atoms. The second-order valence-corrected chi connectivity index (χ2v) is 11.5. The number of amides is 2. The van der Waals surface area contributed by atoms with E-state index in [1.54, 1.807) is 6.07 Å². The van der Waals surface area contributed by atoms with E-state index in [1.807, 2.05) is 45.2 Å². The van der Waals surface area contributed by atoms with E-state index in [0.717, 1.165) is 42.3 Å². The first-order valence-electron chi connectivity index (χ1n) is 13.7. The molecule has 1 aromatic heterocycles. The van der Waals surface area contributed by atoms with Crippen LogP contribution in [0.25, 0.3) is 5.70 Å². The highest BCUT2D eigenvalue weighted by atomic mass is 19.3. The Morgan fingerprint density at radius 2 is 2.05 bits per heavy atom. The summed E-state index contributed by atoms with van der Waals surface area (Å²) in [4.78, 5) is 24.1. The molecule has 1 atom stereocenters. The number of anilines is 1. The molecule has 3 N–H and O–H groups in total. The number of fused-ring (bicyclic) bond motifs is 1. The highest BCUT2D eigenvalue weighted by Crippen LogP contribution is 2.34. The molecule has 11 heteroatoms. The molecular formula is C30H38F2N6O3. The van der Waals surface area contributed by atoms with E-state index in [1.165, 1.54) is 0 Å². The van der Waals surface area contributed by atoms with Crippen LogP contribution in [-0.2, 0) is 16.9 Å². The lowest BCUT2D eigenvalue weighted by atomic mass is 9.97. The molecule has 2 aromatic rings. The minimum absolute atomic E-state index is 0.208. The molecule has 0 saturated heterocycles. The van der Waals surface area contributed by atoms with Crippen molar-refractivity contribution in [1.29, 1.82) is 0 Å². The second-order valence-electron chi connectivity index (χ2n) is 11.5. The van der Waals surface area contributed by atoms with Crippen LogP contribution in [0.15, 0.2) is 70.6 Å². The molecule has 220 valence electrons. The van der Waals surface area contributed by atoms with Gasteiger partial charge in [0, 0.05) is 47.7 Å². The van der Waals surface area contributed by atoms with E-state index >= 15 is 0 Å². The minimum Gasteiger partial charge on any atom is -0.339 e. The summed E-state index contributed by atoms with van der Waals surface area (Å²) in [6, 6.07) is 6.69. The first-order valence-corrected chi connectivity index (χ1v) is 13.7. The van der Waals surface area contributed by atoms with Gasteiger partial charge in [-0.05, 0) is 48.6 Å². The van der Waals surface area contributed by atoms with Crippen molar-refractivity contribution in [2.24, 2.45) is 5.92 Å². The molecule has 2 amide bonds. The number of hydrogen-bond donors (Lipinski definition) is 3.